The van der Waals surface area contributed by atoms with Crippen LogP contribution in [0.4, 0.5) is 4.39 Å². The maximum absolute atomic E-state index is 12.9. The van der Waals surface area contributed by atoms with Gasteiger partial charge in [0.1, 0.15) is 11.6 Å². The molecule has 0 aromatic heterocycles. The fourth-order valence-electron chi connectivity index (χ4n) is 1.44. The summed E-state index contributed by atoms with van der Waals surface area (Å²) in [4.78, 5) is 11.5. The smallest absolute Gasteiger partial charge is 0.223 e. The van der Waals surface area contributed by atoms with E-state index in [1.807, 2.05) is 0 Å². The van der Waals surface area contributed by atoms with Gasteiger partial charge in [0.25, 0.3) is 0 Å². The first kappa shape index (κ1) is 16.8. The highest BCUT2D eigenvalue weighted by molar-refractivity contribution is 7.99. The number of hydrogen-bond donors (Lipinski definition) is 2. The van der Waals surface area contributed by atoms with Gasteiger partial charge in [0, 0.05) is 25.0 Å². The molecule has 20 heavy (non-hydrogen) atoms. The Morgan fingerprint density at radius 3 is 3.00 bits per heavy atom. The molecule has 1 amide bonds. The molecule has 0 unspecified atom stereocenters. The van der Waals surface area contributed by atoms with Crippen molar-refractivity contribution in [1.82, 2.24) is 5.32 Å². The van der Waals surface area contributed by atoms with Gasteiger partial charge < -0.3 is 15.2 Å². The molecule has 0 saturated heterocycles. The minimum Gasteiger partial charge on any atom is -0.493 e. The van der Waals surface area contributed by atoms with E-state index < -0.39 is 0 Å². The third-order valence-electron chi connectivity index (χ3n) is 2.41. The van der Waals surface area contributed by atoms with Gasteiger partial charge in [0.2, 0.25) is 5.91 Å². The van der Waals surface area contributed by atoms with Crippen LogP contribution in [-0.2, 0) is 4.79 Å². The fraction of sp³-hybridized carbons (Fsp3) is 0.500. The van der Waals surface area contributed by atoms with Crippen LogP contribution in [0.3, 0.4) is 0 Å². The van der Waals surface area contributed by atoms with Crippen LogP contribution in [0.5, 0.6) is 5.75 Å². The molecule has 0 heterocycles. The number of carbonyl (C=O) groups is 1. The number of thioether (sulfide) groups is 1. The van der Waals surface area contributed by atoms with E-state index in [2.05, 4.69) is 5.32 Å². The van der Waals surface area contributed by atoms with Crippen molar-refractivity contribution in [2.24, 2.45) is 0 Å². The lowest BCUT2D eigenvalue weighted by Crippen LogP contribution is -2.27. The molecule has 1 aromatic rings. The van der Waals surface area contributed by atoms with Gasteiger partial charge in [-0.3, -0.25) is 4.79 Å². The first-order valence-corrected chi connectivity index (χ1v) is 7.71. The van der Waals surface area contributed by atoms with Crippen molar-refractivity contribution >= 4 is 17.7 Å². The average Bonchev–Trinajstić information content (AvgIpc) is 2.43. The highest BCUT2D eigenvalue weighted by Crippen LogP contribution is 2.11. The van der Waals surface area contributed by atoms with Crippen LogP contribution in [0, 0.1) is 5.82 Å². The van der Waals surface area contributed by atoms with Crippen LogP contribution in [0.15, 0.2) is 24.3 Å². The molecule has 0 fully saturated rings. The van der Waals surface area contributed by atoms with Crippen molar-refractivity contribution in [1.29, 1.82) is 0 Å². The van der Waals surface area contributed by atoms with Crippen molar-refractivity contribution < 1.29 is 19.0 Å². The number of halogens is 1. The number of rotatable bonds is 10. The van der Waals surface area contributed by atoms with Crippen molar-refractivity contribution in [2.45, 2.75) is 12.8 Å². The molecular formula is C14H20FNO3S. The predicted octanol–water partition coefficient (Wildman–Crippen LogP) is 1.83. The summed E-state index contributed by atoms with van der Waals surface area (Å²) in [6, 6.07) is 5.84. The Hall–Kier alpha value is -1.27. The van der Waals surface area contributed by atoms with Crippen LogP contribution in [0.2, 0.25) is 0 Å². The summed E-state index contributed by atoms with van der Waals surface area (Å²) in [5, 5.41) is 11.4. The van der Waals surface area contributed by atoms with Crippen LogP contribution in [-0.4, -0.2) is 42.3 Å². The van der Waals surface area contributed by atoms with Crippen molar-refractivity contribution in [3.63, 3.8) is 0 Å². The van der Waals surface area contributed by atoms with E-state index in [1.54, 1.807) is 23.9 Å². The van der Waals surface area contributed by atoms with Gasteiger partial charge in [-0.05, 0) is 24.3 Å². The third-order valence-corrected chi connectivity index (χ3v) is 3.48. The Bertz CT molecular complexity index is 404. The van der Waals surface area contributed by atoms with Gasteiger partial charge in [0.15, 0.2) is 0 Å². The van der Waals surface area contributed by atoms with Crippen LogP contribution < -0.4 is 10.1 Å². The fourth-order valence-corrected chi connectivity index (χ4v) is 2.22. The van der Waals surface area contributed by atoms with Gasteiger partial charge >= 0.3 is 0 Å². The second kappa shape index (κ2) is 10.5. The van der Waals surface area contributed by atoms with Crippen molar-refractivity contribution in [3.05, 3.63) is 30.1 Å². The molecule has 0 aliphatic carbocycles. The zero-order chi connectivity index (χ0) is 14.6. The maximum Gasteiger partial charge on any atom is 0.223 e. The molecule has 0 bridgehead atoms. The molecule has 4 nitrogen and oxygen atoms in total. The van der Waals surface area contributed by atoms with Gasteiger partial charge in [-0.25, -0.2) is 4.39 Å². The lowest BCUT2D eigenvalue weighted by Gasteiger charge is -2.07. The molecule has 1 rings (SSSR count). The number of benzene rings is 1. The van der Waals surface area contributed by atoms with E-state index in [0.29, 0.717) is 12.3 Å². The summed E-state index contributed by atoms with van der Waals surface area (Å²) < 4.78 is 18.2. The minimum atomic E-state index is -0.355. The SMILES string of the molecule is O=C(CCOc1cccc(F)c1)NCCSCCCO. The Kier molecular flexibility index (Phi) is 8.82. The number of amides is 1. The monoisotopic (exact) mass is 301 g/mol. The van der Waals surface area contributed by atoms with E-state index in [0.717, 1.165) is 17.9 Å². The molecular weight excluding hydrogens is 281 g/mol. The molecule has 0 atom stereocenters. The van der Waals surface area contributed by atoms with Gasteiger partial charge in [-0.1, -0.05) is 6.07 Å². The topological polar surface area (TPSA) is 58.6 Å². The highest BCUT2D eigenvalue weighted by Gasteiger charge is 2.02. The number of carbonyl (C=O) groups excluding carboxylic acids is 1. The largest absolute Gasteiger partial charge is 0.493 e. The number of aliphatic hydroxyl groups is 1. The minimum absolute atomic E-state index is 0.0795. The first-order valence-electron chi connectivity index (χ1n) is 6.56. The lowest BCUT2D eigenvalue weighted by molar-refractivity contribution is -0.121. The summed E-state index contributed by atoms with van der Waals surface area (Å²) in [5.41, 5.74) is 0. The number of nitrogens with one attached hydrogen (secondary N) is 1. The molecule has 112 valence electrons. The maximum atomic E-state index is 12.9. The third kappa shape index (κ3) is 8.01. The van der Waals surface area contributed by atoms with E-state index >= 15 is 0 Å². The second-order valence-corrected chi connectivity index (χ2v) is 5.32. The quantitative estimate of drug-likeness (QED) is 0.647. The molecule has 6 heteroatoms. The summed E-state index contributed by atoms with van der Waals surface area (Å²) >= 11 is 1.69. The van der Waals surface area contributed by atoms with Gasteiger partial charge in [0.05, 0.1) is 13.0 Å². The molecule has 0 aliphatic heterocycles. The van der Waals surface area contributed by atoms with Crippen molar-refractivity contribution in [2.75, 3.05) is 31.3 Å². The van der Waals surface area contributed by atoms with Crippen LogP contribution in [0.1, 0.15) is 12.8 Å². The van der Waals surface area contributed by atoms with Crippen molar-refractivity contribution in [3.8, 4) is 5.75 Å². The van der Waals surface area contributed by atoms with Crippen LogP contribution in [0.25, 0.3) is 0 Å². The molecule has 0 aliphatic rings. The molecule has 0 saturated carbocycles. The Labute approximate surface area is 122 Å². The summed E-state index contributed by atoms with van der Waals surface area (Å²) in [6.07, 6.45) is 1.03. The average molecular weight is 301 g/mol. The zero-order valence-electron chi connectivity index (χ0n) is 11.3. The molecule has 1 aromatic carbocycles. The van der Waals surface area contributed by atoms with E-state index in [9.17, 15) is 9.18 Å². The number of aliphatic hydroxyl groups excluding tert-OH is 1. The predicted molar refractivity (Wildman–Crippen MR) is 78.5 cm³/mol. The Balaban J connectivity index is 2.03. The normalized spacial score (nSPS) is 10.3. The Morgan fingerprint density at radius 2 is 2.25 bits per heavy atom. The number of ether oxygens (including phenoxy) is 1. The highest BCUT2D eigenvalue weighted by atomic mass is 32.2. The first-order chi connectivity index (χ1) is 9.72. The van der Waals surface area contributed by atoms with E-state index in [-0.39, 0.29) is 31.4 Å². The van der Waals surface area contributed by atoms with E-state index in [4.69, 9.17) is 9.84 Å². The molecule has 2 N–H and O–H groups in total. The lowest BCUT2D eigenvalue weighted by atomic mass is 10.3. The Morgan fingerprint density at radius 1 is 1.40 bits per heavy atom. The second-order valence-electron chi connectivity index (χ2n) is 4.10. The summed E-state index contributed by atoms with van der Waals surface area (Å²) in [5.74, 6) is 1.72. The number of hydrogen-bond acceptors (Lipinski definition) is 4. The summed E-state index contributed by atoms with van der Waals surface area (Å²) in [6.45, 7) is 1.04. The van der Waals surface area contributed by atoms with Gasteiger partial charge in [-0.15, -0.1) is 0 Å². The molecule has 0 radical (unpaired) electrons. The zero-order valence-corrected chi connectivity index (χ0v) is 12.1. The van der Waals surface area contributed by atoms with Crippen LogP contribution >= 0.6 is 11.8 Å². The summed E-state index contributed by atoms with van der Waals surface area (Å²) in [7, 11) is 0. The van der Waals surface area contributed by atoms with Gasteiger partial charge in [-0.2, -0.15) is 11.8 Å². The molecule has 0 spiro atoms. The van der Waals surface area contributed by atoms with E-state index in [1.165, 1.54) is 12.1 Å². The standard InChI is InChI=1S/C14H20FNO3S/c15-12-3-1-4-13(11-12)19-8-5-14(18)16-6-10-20-9-2-7-17/h1,3-4,11,17H,2,5-10H2,(H,16,18).